The zero-order valence-electron chi connectivity index (χ0n) is 12.7. The lowest BCUT2D eigenvalue weighted by atomic mass is 9.81. The first-order valence-corrected chi connectivity index (χ1v) is 7.74. The van der Waals surface area contributed by atoms with E-state index in [1.165, 1.54) is 0 Å². The smallest absolute Gasteiger partial charge is 0.229 e. The molecule has 1 aliphatic heterocycles. The minimum absolute atomic E-state index is 0.189. The summed E-state index contributed by atoms with van der Waals surface area (Å²) in [4.78, 5) is 14.3. The Bertz CT molecular complexity index is 470. The average Bonchev–Trinajstić information content (AvgIpc) is 2.49. The Morgan fingerprint density at radius 2 is 2.14 bits per heavy atom. The number of hydrogen-bond acceptors (Lipinski definition) is 3. The number of nitrogens with one attached hydrogen (secondary N) is 1. The fourth-order valence-corrected chi connectivity index (χ4v) is 2.76. The molecular weight excluding hydrogens is 288 g/mol. The zero-order valence-corrected chi connectivity index (χ0v) is 13.4. The maximum Gasteiger partial charge on any atom is 0.229 e. The van der Waals surface area contributed by atoms with Crippen LogP contribution in [0.4, 0.5) is 0 Å². The van der Waals surface area contributed by atoms with Crippen molar-refractivity contribution < 1.29 is 9.53 Å². The molecule has 2 rings (SSSR count). The van der Waals surface area contributed by atoms with Gasteiger partial charge in [-0.05, 0) is 50.6 Å². The largest absolute Gasteiger partial charge is 0.492 e. The van der Waals surface area contributed by atoms with Crippen LogP contribution in [0.1, 0.15) is 19.8 Å². The second kappa shape index (κ2) is 7.14. The molecule has 116 valence electrons. The van der Waals surface area contributed by atoms with E-state index in [-0.39, 0.29) is 11.3 Å². The number of nitrogens with zero attached hydrogens (tertiary/aromatic N) is 1. The van der Waals surface area contributed by atoms with Gasteiger partial charge in [-0.15, -0.1) is 0 Å². The molecule has 1 fully saturated rings. The lowest BCUT2D eigenvalue weighted by molar-refractivity contribution is -0.141. The third-order valence-electron chi connectivity index (χ3n) is 3.97. The van der Waals surface area contributed by atoms with Gasteiger partial charge in [0.1, 0.15) is 12.4 Å². The van der Waals surface area contributed by atoms with E-state index in [1.807, 2.05) is 26.1 Å². The van der Waals surface area contributed by atoms with Crippen molar-refractivity contribution >= 4 is 17.5 Å². The first-order valence-electron chi connectivity index (χ1n) is 7.36. The van der Waals surface area contributed by atoms with Crippen molar-refractivity contribution in [2.24, 2.45) is 5.41 Å². The maximum absolute atomic E-state index is 12.5. The van der Waals surface area contributed by atoms with E-state index >= 15 is 0 Å². The molecule has 1 aromatic carbocycles. The van der Waals surface area contributed by atoms with E-state index in [9.17, 15) is 4.79 Å². The van der Waals surface area contributed by atoms with Crippen LogP contribution in [0.15, 0.2) is 24.3 Å². The Morgan fingerprint density at radius 3 is 2.76 bits per heavy atom. The van der Waals surface area contributed by atoms with E-state index in [0.717, 1.165) is 31.7 Å². The highest BCUT2D eigenvalue weighted by Gasteiger charge is 2.36. The number of ether oxygens (including phenoxy) is 1. The molecule has 21 heavy (non-hydrogen) atoms. The van der Waals surface area contributed by atoms with E-state index in [2.05, 4.69) is 5.32 Å². The summed E-state index contributed by atoms with van der Waals surface area (Å²) in [5.74, 6) is 0.959. The van der Waals surface area contributed by atoms with Gasteiger partial charge >= 0.3 is 0 Å². The first kappa shape index (κ1) is 16.1. The van der Waals surface area contributed by atoms with Crippen LogP contribution in [0, 0.1) is 5.41 Å². The van der Waals surface area contributed by atoms with Gasteiger partial charge < -0.3 is 15.0 Å². The molecule has 0 radical (unpaired) electrons. The molecule has 1 unspecified atom stereocenters. The van der Waals surface area contributed by atoms with Crippen LogP contribution in [0.5, 0.6) is 5.75 Å². The third kappa shape index (κ3) is 4.35. The molecule has 4 nitrogen and oxygen atoms in total. The molecule has 0 bridgehead atoms. The number of benzene rings is 1. The van der Waals surface area contributed by atoms with E-state index in [0.29, 0.717) is 18.2 Å². The van der Waals surface area contributed by atoms with Gasteiger partial charge in [-0.3, -0.25) is 4.79 Å². The van der Waals surface area contributed by atoms with E-state index < -0.39 is 0 Å². The Kier molecular flexibility index (Phi) is 5.48. The van der Waals surface area contributed by atoms with Gasteiger partial charge in [0.05, 0.1) is 12.0 Å². The second-order valence-electron chi connectivity index (χ2n) is 5.87. The highest BCUT2D eigenvalue weighted by molar-refractivity contribution is 6.30. The van der Waals surface area contributed by atoms with Gasteiger partial charge in [-0.25, -0.2) is 0 Å². The van der Waals surface area contributed by atoms with Crippen molar-refractivity contribution in [1.82, 2.24) is 10.2 Å². The number of piperidine rings is 1. The van der Waals surface area contributed by atoms with Gasteiger partial charge in [0.2, 0.25) is 5.91 Å². The Labute approximate surface area is 131 Å². The molecule has 0 spiro atoms. The summed E-state index contributed by atoms with van der Waals surface area (Å²) in [5.41, 5.74) is -0.284. The van der Waals surface area contributed by atoms with Crippen molar-refractivity contribution in [3.8, 4) is 5.75 Å². The lowest BCUT2D eigenvalue weighted by Gasteiger charge is -2.36. The topological polar surface area (TPSA) is 41.6 Å². The molecule has 1 saturated heterocycles. The van der Waals surface area contributed by atoms with E-state index in [4.69, 9.17) is 16.3 Å². The standard InChI is InChI=1S/C16H23ClN2O2/c1-16(8-3-9-18-12-16)15(20)19(2)10-11-21-14-6-4-13(17)5-7-14/h4-7,18H,3,8-12H2,1-2H3. The Morgan fingerprint density at radius 1 is 1.43 bits per heavy atom. The first-order chi connectivity index (χ1) is 10.0. The molecule has 1 atom stereocenters. The van der Waals surface area contributed by atoms with Crippen LogP contribution in [0.25, 0.3) is 0 Å². The van der Waals surface area contributed by atoms with E-state index in [1.54, 1.807) is 17.0 Å². The highest BCUT2D eigenvalue weighted by atomic mass is 35.5. The molecular formula is C16H23ClN2O2. The summed E-state index contributed by atoms with van der Waals surface area (Å²) in [7, 11) is 1.84. The van der Waals surface area contributed by atoms with Crippen LogP contribution in [0.3, 0.4) is 0 Å². The summed E-state index contributed by atoms with van der Waals surface area (Å²) in [6.07, 6.45) is 2.00. The van der Waals surface area contributed by atoms with Gasteiger partial charge in [0, 0.05) is 18.6 Å². The number of rotatable bonds is 5. The predicted molar refractivity (Wildman–Crippen MR) is 84.8 cm³/mol. The number of hydrogen-bond donors (Lipinski definition) is 1. The lowest BCUT2D eigenvalue weighted by Crippen LogP contribution is -2.49. The number of halogens is 1. The van der Waals surface area contributed by atoms with Gasteiger partial charge in [0.25, 0.3) is 0 Å². The minimum atomic E-state index is -0.284. The molecule has 1 N–H and O–H groups in total. The van der Waals surface area contributed by atoms with Crippen LogP contribution >= 0.6 is 11.6 Å². The van der Waals surface area contributed by atoms with Crippen LogP contribution < -0.4 is 10.1 Å². The van der Waals surface area contributed by atoms with Gasteiger partial charge in [0.15, 0.2) is 0 Å². The molecule has 1 heterocycles. The summed E-state index contributed by atoms with van der Waals surface area (Å²) in [6, 6.07) is 7.24. The maximum atomic E-state index is 12.5. The van der Waals surface area contributed by atoms with Gasteiger partial charge in [-0.2, -0.15) is 0 Å². The summed E-state index contributed by atoms with van der Waals surface area (Å²) in [5, 5.41) is 3.99. The number of carbonyl (C=O) groups is 1. The number of likely N-dealkylation sites (N-methyl/N-ethyl adjacent to an activating group) is 1. The van der Waals surface area contributed by atoms with Gasteiger partial charge in [-0.1, -0.05) is 11.6 Å². The molecule has 0 aromatic heterocycles. The fraction of sp³-hybridized carbons (Fsp3) is 0.562. The van der Waals surface area contributed by atoms with Crippen molar-refractivity contribution in [2.45, 2.75) is 19.8 Å². The van der Waals surface area contributed by atoms with Crippen molar-refractivity contribution in [3.05, 3.63) is 29.3 Å². The molecule has 5 heteroatoms. The molecule has 1 aromatic rings. The zero-order chi connectivity index (χ0) is 15.3. The number of carbonyl (C=O) groups excluding carboxylic acids is 1. The molecule has 1 amide bonds. The fourth-order valence-electron chi connectivity index (χ4n) is 2.63. The monoisotopic (exact) mass is 310 g/mol. The van der Waals surface area contributed by atoms with Crippen molar-refractivity contribution in [1.29, 1.82) is 0 Å². The van der Waals surface area contributed by atoms with Crippen molar-refractivity contribution in [2.75, 3.05) is 33.3 Å². The Balaban J connectivity index is 1.79. The normalized spacial score (nSPS) is 21.9. The van der Waals surface area contributed by atoms with Crippen LogP contribution in [-0.2, 0) is 4.79 Å². The summed E-state index contributed by atoms with van der Waals surface area (Å²) in [6.45, 7) is 4.86. The van der Waals surface area contributed by atoms with Crippen LogP contribution in [0.2, 0.25) is 5.02 Å². The quantitative estimate of drug-likeness (QED) is 0.909. The minimum Gasteiger partial charge on any atom is -0.492 e. The highest BCUT2D eigenvalue weighted by Crippen LogP contribution is 2.27. The summed E-state index contributed by atoms with van der Waals surface area (Å²) >= 11 is 5.82. The molecule has 0 aliphatic carbocycles. The SMILES string of the molecule is CN(CCOc1ccc(Cl)cc1)C(=O)C1(C)CCCNC1. The van der Waals surface area contributed by atoms with Crippen LogP contribution in [-0.4, -0.2) is 44.1 Å². The molecule has 0 saturated carbocycles. The number of amides is 1. The average molecular weight is 311 g/mol. The van der Waals surface area contributed by atoms with Crippen molar-refractivity contribution in [3.63, 3.8) is 0 Å². The third-order valence-corrected chi connectivity index (χ3v) is 4.22. The Hall–Kier alpha value is -1.26. The molecule has 1 aliphatic rings. The predicted octanol–water partition coefficient (Wildman–Crippen LogP) is 2.57. The second-order valence-corrected chi connectivity index (χ2v) is 6.31. The summed E-state index contributed by atoms with van der Waals surface area (Å²) < 4.78 is 5.63.